The molecule has 0 aliphatic heterocycles. The first-order chi connectivity index (χ1) is 13.1. The molecule has 0 fully saturated rings. The van der Waals surface area contributed by atoms with Gasteiger partial charge in [0.1, 0.15) is 0 Å². The van der Waals surface area contributed by atoms with Crippen LogP contribution in [0.5, 0.6) is 0 Å². The molecule has 0 radical (unpaired) electrons. The lowest BCUT2D eigenvalue weighted by molar-refractivity contribution is 0.440. The van der Waals surface area contributed by atoms with E-state index >= 15 is 0 Å². The van der Waals surface area contributed by atoms with Crippen LogP contribution in [-0.4, -0.2) is 0 Å². The van der Waals surface area contributed by atoms with Gasteiger partial charge in [-0.3, -0.25) is 0 Å². The van der Waals surface area contributed by atoms with Crippen LogP contribution in [0, 0.1) is 5.41 Å². The normalized spacial score (nSPS) is 13.6. The zero-order valence-corrected chi connectivity index (χ0v) is 18.9. The number of allylic oxidation sites excluding steroid dienone is 7. The van der Waals surface area contributed by atoms with E-state index in [1.54, 1.807) is 0 Å². The van der Waals surface area contributed by atoms with Gasteiger partial charge in [0.05, 0.1) is 0 Å². The van der Waals surface area contributed by atoms with Gasteiger partial charge in [0, 0.05) is 0 Å². The Hall–Kier alpha value is -2.34. The Morgan fingerprint density at radius 3 is 1.96 bits per heavy atom. The molecule has 0 spiro atoms. The van der Waals surface area contributed by atoms with E-state index in [0.717, 1.165) is 35.1 Å². The van der Waals surface area contributed by atoms with Crippen molar-refractivity contribution >= 4 is 11.6 Å². The standard InChI is InChI=1S/C28H38/c1-11-21(19-23(13-3)27(7,8)15-5)25(14-4)26-18-17-24(20-22(26)12-2)28(9,10)16-6/h11-14,17-20H,1-4,15-16H2,5-10H3/b23-19+,25-21+. The summed E-state index contributed by atoms with van der Waals surface area (Å²) < 4.78 is 0. The van der Waals surface area contributed by atoms with Crippen molar-refractivity contribution in [1.82, 2.24) is 0 Å². The van der Waals surface area contributed by atoms with E-state index in [9.17, 15) is 0 Å². The summed E-state index contributed by atoms with van der Waals surface area (Å²) in [4.78, 5) is 0. The Labute approximate surface area is 173 Å². The molecular formula is C28H38. The molecule has 0 nitrogen and oxygen atoms in total. The van der Waals surface area contributed by atoms with E-state index in [4.69, 9.17) is 0 Å². The van der Waals surface area contributed by atoms with Gasteiger partial charge in [-0.05, 0) is 57.1 Å². The second-order valence-electron chi connectivity index (χ2n) is 8.56. The Bertz CT molecular complexity index is 806. The first-order valence-electron chi connectivity index (χ1n) is 10.2. The van der Waals surface area contributed by atoms with E-state index in [1.807, 2.05) is 24.3 Å². The number of hydrogen-bond acceptors (Lipinski definition) is 0. The van der Waals surface area contributed by atoms with Crippen LogP contribution in [-0.2, 0) is 5.41 Å². The van der Waals surface area contributed by atoms with Crippen molar-refractivity contribution in [3.63, 3.8) is 0 Å². The van der Waals surface area contributed by atoms with Crippen LogP contribution < -0.4 is 0 Å². The molecule has 0 N–H and O–H groups in total. The summed E-state index contributed by atoms with van der Waals surface area (Å²) in [6.45, 7) is 29.7. The molecule has 0 atom stereocenters. The summed E-state index contributed by atoms with van der Waals surface area (Å²) in [6.07, 6.45) is 12.0. The molecule has 0 aliphatic carbocycles. The van der Waals surface area contributed by atoms with Gasteiger partial charge in [-0.15, -0.1) is 0 Å². The Balaban J connectivity index is 3.72. The monoisotopic (exact) mass is 374 g/mol. The minimum absolute atomic E-state index is 0.0541. The van der Waals surface area contributed by atoms with E-state index in [1.165, 1.54) is 11.1 Å². The first-order valence-corrected chi connectivity index (χ1v) is 10.2. The molecular weight excluding hydrogens is 336 g/mol. The van der Waals surface area contributed by atoms with Gasteiger partial charge in [-0.25, -0.2) is 0 Å². The molecule has 1 rings (SSSR count). The maximum atomic E-state index is 4.09. The fourth-order valence-corrected chi connectivity index (χ4v) is 3.13. The van der Waals surface area contributed by atoms with E-state index in [0.29, 0.717) is 0 Å². The van der Waals surface area contributed by atoms with Crippen LogP contribution >= 0.6 is 0 Å². The molecule has 28 heavy (non-hydrogen) atoms. The number of hydrogen-bond donors (Lipinski definition) is 0. The number of rotatable bonds is 10. The van der Waals surface area contributed by atoms with Crippen LogP contribution in [0.3, 0.4) is 0 Å². The largest absolute Gasteiger partial charge is 0.0988 e. The summed E-state index contributed by atoms with van der Waals surface area (Å²) in [5.41, 5.74) is 7.09. The smallest absolute Gasteiger partial charge is 0.0106 e. The van der Waals surface area contributed by atoms with Crippen molar-refractivity contribution in [2.45, 2.75) is 59.8 Å². The molecule has 1 aromatic carbocycles. The summed E-state index contributed by atoms with van der Waals surface area (Å²) in [5.74, 6) is 0. The Kier molecular flexibility index (Phi) is 8.24. The van der Waals surface area contributed by atoms with E-state index in [2.05, 4.69) is 92.1 Å². The topological polar surface area (TPSA) is 0 Å². The lowest BCUT2D eigenvalue weighted by Crippen LogP contribution is -2.15. The highest BCUT2D eigenvalue weighted by Crippen LogP contribution is 2.35. The molecule has 150 valence electrons. The summed E-state index contributed by atoms with van der Waals surface area (Å²) >= 11 is 0. The van der Waals surface area contributed by atoms with Crippen LogP contribution in [0.2, 0.25) is 0 Å². The van der Waals surface area contributed by atoms with Crippen molar-refractivity contribution in [3.8, 4) is 0 Å². The van der Waals surface area contributed by atoms with Crippen LogP contribution in [0.4, 0.5) is 0 Å². The van der Waals surface area contributed by atoms with Gasteiger partial charge in [0.25, 0.3) is 0 Å². The third-order valence-electron chi connectivity index (χ3n) is 6.16. The molecule has 1 aromatic rings. The highest BCUT2D eigenvalue weighted by atomic mass is 14.3. The maximum Gasteiger partial charge on any atom is -0.0106 e. The predicted octanol–water partition coefficient (Wildman–Crippen LogP) is 8.69. The molecule has 0 saturated carbocycles. The van der Waals surface area contributed by atoms with Crippen LogP contribution in [0.25, 0.3) is 11.6 Å². The Morgan fingerprint density at radius 1 is 0.893 bits per heavy atom. The van der Waals surface area contributed by atoms with Gasteiger partial charge in [-0.2, -0.15) is 0 Å². The van der Waals surface area contributed by atoms with Gasteiger partial charge < -0.3 is 0 Å². The van der Waals surface area contributed by atoms with Gasteiger partial charge in [-0.1, -0.05) is 116 Å². The third-order valence-corrected chi connectivity index (χ3v) is 6.16. The second kappa shape index (κ2) is 9.73. The summed E-state index contributed by atoms with van der Waals surface area (Å²) in [7, 11) is 0. The summed E-state index contributed by atoms with van der Waals surface area (Å²) in [5, 5.41) is 0. The second-order valence-corrected chi connectivity index (χ2v) is 8.56. The van der Waals surface area contributed by atoms with Crippen LogP contribution in [0.1, 0.15) is 71.1 Å². The molecule has 0 saturated heterocycles. The Morgan fingerprint density at radius 2 is 1.54 bits per heavy atom. The highest BCUT2D eigenvalue weighted by Gasteiger charge is 2.21. The molecule has 0 aliphatic rings. The minimum atomic E-state index is 0.0541. The van der Waals surface area contributed by atoms with E-state index in [-0.39, 0.29) is 10.8 Å². The predicted molar refractivity (Wildman–Crippen MR) is 130 cm³/mol. The lowest BCUT2D eigenvalue weighted by atomic mass is 9.79. The molecule has 0 heteroatoms. The molecule has 0 bridgehead atoms. The van der Waals surface area contributed by atoms with Crippen molar-refractivity contribution in [2.75, 3.05) is 0 Å². The van der Waals surface area contributed by atoms with Gasteiger partial charge in [0.2, 0.25) is 0 Å². The van der Waals surface area contributed by atoms with E-state index < -0.39 is 0 Å². The minimum Gasteiger partial charge on any atom is -0.0988 e. The SMILES string of the molecule is C=C/C(=C\C(C=C)=C(/C=C)c1ccc(C(C)(C)CC)cc1C=C)C(C)(C)CC. The van der Waals surface area contributed by atoms with Crippen molar-refractivity contribution < 1.29 is 0 Å². The van der Waals surface area contributed by atoms with Crippen molar-refractivity contribution in [2.24, 2.45) is 5.41 Å². The van der Waals surface area contributed by atoms with Crippen LogP contribution in [0.15, 0.2) is 80.0 Å². The molecule has 0 amide bonds. The maximum absolute atomic E-state index is 4.09. The molecule has 0 aromatic heterocycles. The summed E-state index contributed by atoms with van der Waals surface area (Å²) in [6, 6.07) is 6.67. The van der Waals surface area contributed by atoms with Crippen molar-refractivity contribution in [3.05, 3.63) is 96.7 Å². The fourth-order valence-electron chi connectivity index (χ4n) is 3.13. The highest BCUT2D eigenvalue weighted by molar-refractivity contribution is 5.85. The zero-order chi connectivity index (χ0) is 21.5. The average molecular weight is 375 g/mol. The quantitative estimate of drug-likeness (QED) is 0.359. The zero-order valence-electron chi connectivity index (χ0n) is 18.9. The van der Waals surface area contributed by atoms with Crippen molar-refractivity contribution in [1.29, 1.82) is 0 Å². The third kappa shape index (κ3) is 5.13. The number of benzene rings is 1. The van der Waals surface area contributed by atoms with Gasteiger partial charge >= 0.3 is 0 Å². The molecule has 0 heterocycles. The fraction of sp³-hybridized carbons (Fsp3) is 0.357. The van der Waals surface area contributed by atoms with Gasteiger partial charge in [0.15, 0.2) is 0 Å². The average Bonchev–Trinajstić information content (AvgIpc) is 2.70. The lowest BCUT2D eigenvalue weighted by Gasteiger charge is -2.26. The molecule has 0 unspecified atom stereocenters. The first kappa shape index (κ1) is 23.7.